The van der Waals surface area contributed by atoms with Crippen molar-refractivity contribution in [2.75, 3.05) is 17.2 Å². The van der Waals surface area contributed by atoms with Crippen LogP contribution in [0.25, 0.3) is 0 Å². The minimum atomic E-state index is 0.500. The predicted molar refractivity (Wildman–Crippen MR) is 57.0 cm³/mol. The van der Waals surface area contributed by atoms with Crippen molar-refractivity contribution in [2.45, 2.75) is 25.3 Å². The highest BCUT2D eigenvalue weighted by molar-refractivity contribution is 5.62. The number of rotatable bonds is 4. The van der Waals surface area contributed by atoms with E-state index >= 15 is 0 Å². The molecule has 0 saturated heterocycles. The molecule has 0 atom stereocenters. The Balaban J connectivity index is 2.17. The Labute approximate surface area is 88.5 Å². The van der Waals surface area contributed by atoms with Crippen LogP contribution in [0.2, 0.25) is 0 Å². The summed E-state index contributed by atoms with van der Waals surface area (Å²) in [4.78, 5) is 10.1. The molecule has 0 radical (unpaired) electrons. The fraction of sp³-hybridized carbons (Fsp3) is 0.500. The molecule has 15 heavy (non-hydrogen) atoms. The molecule has 2 rings (SSSR count). The van der Waals surface area contributed by atoms with E-state index in [0.717, 1.165) is 18.7 Å². The van der Waals surface area contributed by atoms with Crippen LogP contribution >= 0.6 is 0 Å². The first-order valence-electron chi connectivity index (χ1n) is 5.02. The molecule has 1 fully saturated rings. The molecule has 0 spiro atoms. The van der Waals surface area contributed by atoms with Crippen molar-refractivity contribution in [3.05, 3.63) is 12.5 Å². The molecule has 0 bridgehead atoms. The molecule has 5 heteroatoms. The van der Waals surface area contributed by atoms with E-state index in [1.165, 1.54) is 6.33 Å². The van der Waals surface area contributed by atoms with Crippen LogP contribution in [0, 0.1) is 11.3 Å². The molecule has 1 heterocycles. The van der Waals surface area contributed by atoms with Gasteiger partial charge in [-0.2, -0.15) is 5.26 Å². The standard InChI is InChI=1S/C10H13N5/c11-4-1-5-15(8-2-3-8)10-9(12)6-13-7-14-10/h6-8H,1-3,5,12H2. The maximum absolute atomic E-state index is 8.59. The SMILES string of the molecule is N#CCCN(c1ncncc1N)C1CC1. The predicted octanol–water partition coefficient (Wildman–Crippen LogP) is 0.941. The van der Waals surface area contributed by atoms with Crippen LogP contribution in [0.1, 0.15) is 19.3 Å². The average Bonchev–Trinajstić information content (AvgIpc) is 3.05. The van der Waals surface area contributed by atoms with Crippen molar-refractivity contribution in [3.8, 4) is 6.07 Å². The highest BCUT2D eigenvalue weighted by atomic mass is 15.2. The number of hydrogen-bond donors (Lipinski definition) is 1. The summed E-state index contributed by atoms with van der Waals surface area (Å²) in [7, 11) is 0. The van der Waals surface area contributed by atoms with E-state index in [1.807, 2.05) is 0 Å². The number of nitriles is 1. The molecule has 0 unspecified atom stereocenters. The fourth-order valence-corrected chi connectivity index (χ4v) is 1.59. The second-order valence-electron chi connectivity index (χ2n) is 3.63. The van der Waals surface area contributed by atoms with Gasteiger partial charge in [0.2, 0.25) is 0 Å². The van der Waals surface area contributed by atoms with E-state index in [4.69, 9.17) is 11.0 Å². The molecule has 1 saturated carbocycles. The quantitative estimate of drug-likeness (QED) is 0.787. The molecular formula is C10H13N5. The normalized spacial score (nSPS) is 14.6. The van der Waals surface area contributed by atoms with E-state index < -0.39 is 0 Å². The van der Waals surface area contributed by atoms with Crippen molar-refractivity contribution in [3.63, 3.8) is 0 Å². The molecule has 0 aromatic carbocycles. The summed E-state index contributed by atoms with van der Waals surface area (Å²) in [6, 6.07) is 2.65. The van der Waals surface area contributed by atoms with Gasteiger partial charge in [-0.25, -0.2) is 9.97 Å². The molecule has 1 aromatic heterocycles. The maximum atomic E-state index is 8.59. The van der Waals surface area contributed by atoms with E-state index in [9.17, 15) is 0 Å². The van der Waals surface area contributed by atoms with Gasteiger partial charge >= 0.3 is 0 Å². The summed E-state index contributed by atoms with van der Waals surface area (Å²) in [5.74, 6) is 0.766. The Morgan fingerprint density at radius 3 is 3.00 bits per heavy atom. The minimum absolute atomic E-state index is 0.500. The van der Waals surface area contributed by atoms with Gasteiger partial charge in [0.05, 0.1) is 24.4 Å². The van der Waals surface area contributed by atoms with Gasteiger partial charge in [0.15, 0.2) is 5.82 Å². The van der Waals surface area contributed by atoms with Crippen molar-refractivity contribution >= 4 is 11.5 Å². The monoisotopic (exact) mass is 203 g/mol. The number of nitrogens with zero attached hydrogens (tertiary/aromatic N) is 4. The Kier molecular flexibility index (Phi) is 2.68. The molecule has 1 aliphatic rings. The zero-order valence-electron chi connectivity index (χ0n) is 8.43. The van der Waals surface area contributed by atoms with Crippen LogP contribution in [-0.2, 0) is 0 Å². The summed E-state index contributed by atoms with van der Waals surface area (Å²) in [5.41, 5.74) is 6.39. The highest BCUT2D eigenvalue weighted by Crippen LogP contribution is 2.32. The van der Waals surface area contributed by atoms with Crippen LogP contribution < -0.4 is 10.6 Å². The van der Waals surface area contributed by atoms with Crippen molar-refractivity contribution in [1.29, 1.82) is 5.26 Å². The number of aromatic nitrogens is 2. The van der Waals surface area contributed by atoms with Crippen LogP contribution in [0.4, 0.5) is 11.5 Å². The first-order chi connectivity index (χ1) is 7.33. The third-order valence-corrected chi connectivity index (χ3v) is 2.44. The summed E-state index contributed by atoms with van der Waals surface area (Å²) >= 11 is 0. The Morgan fingerprint density at radius 2 is 2.40 bits per heavy atom. The van der Waals surface area contributed by atoms with E-state index in [0.29, 0.717) is 24.7 Å². The number of nitrogen functional groups attached to an aromatic ring is 1. The molecular weight excluding hydrogens is 190 g/mol. The number of anilines is 2. The Hall–Kier alpha value is -1.83. The third-order valence-electron chi connectivity index (χ3n) is 2.44. The molecule has 0 amide bonds. The van der Waals surface area contributed by atoms with Gasteiger partial charge in [-0.1, -0.05) is 0 Å². The van der Waals surface area contributed by atoms with Crippen LogP contribution in [0.15, 0.2) is 12.5 Å². The van der Waals surface area contributed by atoms with Crippen molar-refractivity contribution in [1.82, 2.24) is 9.97 Å². The van der Waals surface area contributed by atoms with E-state index in [2.05, 4.69) is 20.9 Å². The van der Waals surface area contributed by atoms with E-state index in [-0.39, 0.29) is 0 Å². The number of nitrogens with two attached hydrogens (primary N) is 1. The Bertz CT molecular complexity index is 380. The smallest absolute Gasteiger partial charge is 0.155 e. The summed E-state index contributed by atoms with van der Waals surface area (Å²) < 4.78 is 0. The molecule has 2 N–H and O–H groups in total. The van der Waals surface area contributed by atoms with Crippen LogP contribution in [0.3, 0.4) is 0 Å². The molecule has 78 valence electrons. The van der Waals surface area contributed by atoms with Gasteiger partial charge in [-0.3, -0.25) is 0 Å². The van der Waals surface area contributed by atoms with Crippen molar-refractivity contribution < 1.29 is 0 Å². The zero-order chi connectivity index (χ0) is 10.7. The third kappa shape index (κ3) is 2.15. The largest absolute Gasteiger partial charge is 0.394 e. The van der Waals surface area contributed by atoms with Crippen molar-refractivity contribution in [2.24, 2.45) is 0 Å². The molecule has 1 aromatic rings. The van der Waals surface area contributed by atoms with Gasteiger partial charge in [0.1, 0.15) is 6.33 Å². The highest BCUT2D eigenvalue weighted by Gasteiger charge is 2.30. The van der Waals surface area contributed by atoms with Gasteiger partial charge < -0.3 is 10.6 Å². The lowest BCUT2D eigenvalue weighted by Crippen LogP contribution is -2.28. The molecule has 0 aliphatic heterocycles. The van der Waals surface area contributed by atoms with Gasteiger partial charge in [0, 0.05) is 12.6 Å². The fourth-order valence-electron chi connectivity index (χ4n) is 1.59. The lowest BCUT2D eigenvalue weighted by molar-refractivity contribution is 0.777. The summed E-state index contributed by atoms with van der Waals surface area (Å²) in [6.07, 6.45) is 5.92. The van der Waals surface area contributed by atoms with Gasteiger partial charge in [0.25, 0.3) is 0 Å². The molecule has 1 aliphatic carbocycles. The average molecular weight is 203 g/mol. The second kappa shape index (κ2) is 4.13. The van der Waals surface area contributed by atoms with E-state index in [1.54, 1.807) is 6.20 Å². The first kappa shape index (κ1) is 9.71. The lowest BCUT2D eigenvalue weighted by Gasteiger charge is -2.23. The first-order valence-corrected chi connectivity index (χ1v) is 5.02. The maximum Gasteiger partial charge on any atom is 0.155 e. The topological polar surface area (TPSA) is 78.8 Å². The summed E-state index contributed by atoms with van der Waals surface area (Å²) in [6.45, 7) is 0.697. The van der Waals surface area contributed by atoms with Crippen LogP contribution in [0.5, 0.6) is 0 Å². The molecule has 5 nitrogen and oxygen atoms in total. The zero-order valence-corrected chi connectivity index (χ0v) is 8.43. The number of hydrogen-bond acceptors (Lipinski definition) is 5. The minimum Gasteiger partial charge on any atom is -0.394 e. The second-order valence-corrected chi connectivity index (χ2v) is 3.63. The van der Waals surface area contributed by atoms with Gasteiger partial charge in [-0.15, -0.1) is 0 Å². The van der Waals surface area contributed by atoms with Gasteiger partial charge in [-0.05, 0) is 12.8 Å². The van der Waals surface area contributed by atoms with Crippen LogP contribution in [-0.4, -0.2) is 22.6 Å². The lowest BCUT2D eigenvalue weighted by atomic mass is 10.3. The Morgan fingerprint density at radius 1 is 1.60 bits per heavy atom. The summed E-state index contributed by atoms with van der Waals surface area (Å²) in [5, 5.41) is 8.59.